The number of alkyl halides is 1. The largest absolute Gasteiger partial charge is 0.466 e. The van der Waals surface area contributed by atoms with Crippen LogP contribution in [0.3, 0.4) is 0 Å². The predicted molar refractivity (Wildman–Crippen MR) is 74.2 cm³/mol. The van der Waals surface area contributed by atoms with E-state index in [0.29, 0.717) is 12.2 Å². The highest BCUT2D eigenvalue weighted by molar-refractivity contribution is 9.10. The maximum absolute atomic E-state index is 11.9. The Kier molecular flexibility index (Phi) is 5.54. The Bertz CT molecular complexity index is 452. The zero-order chi connectivity index (χ0) is 13.7. The topological polar surface area (TPSA) is 43.4 Å². The number of Topliss-reactive ketones (excluding diaryl/α,β-unsaturated/α-hetero) is 1. The summed E-state index contributed by atoms with van der Waals surface area (Å²) in [4.78, 5) is 23.1. The molecule has 0 heterocycles. The second kappa shape index (κ2) is 6.69. The molecule has 0 aromatic heterocycles. The number of aryl methyl sites for hydroxylation is 1. The average molecular weight is 313 g/mol. The van der Waals surface area contributed by atoms with E-state index in [1.165, 1.54) is 0 Å². The van der Waals surface area contributed by atoms with Crippen LogP contribution in [0.15, 0.2) is 18.2 Å². The maximum Gasteiger partial charge on any atom is 0.310 e. The Morgan fingerprint density at radius 1 is 1.33 bits per heavy atom. The number of ketones is 1. The summed E-state index contributed by atoms with van der Waals surface area (Å²) in [6.45, 7) is 5.84. The Morgan fingerprint density at radius 3 is 2.56 bits per heavy atom. The minimum absolute atomic E-state index is 0.0174. The van der Waals surface area contributed by atoms with Crippen molar-refractivity contribution in [3.05, 3.63) is 34.9 Å². The van der Waals surface area contributed by atoms with E-state index in [1.807, 2.05) is 19.1 Å². The Balaban J connectivity index is 2.94. The van der Waals surface area contributed by atoms with Crippen LogP contribution in [0.25, 0.3) is 0 Å². The fourth-order valence-electron chi connectivity index (χ4n) is 1.72. The average Bonchev–Trinajstić information content (AvgIpc) is 2.27. The van der Waals surface area contributed by atoms with Crippen molar-refractivity contribution in [2.24, 2.45) is 0 Å². The molecule has 1 rings (SSSR count). The maximum atomic E-state index is 11.9. The van der Waals surface area contributed by atoms with Gasteiger partial charge in [0, 0.05) is 5.56 Å². The SMILES string of the molecule is CCOC(=O)Cc1cc(C)cc(C(=O)C(C)Br)c1. The highest BCUT2D eigenvalue weighted by Crippen LogP contribution is 2.15. The number of halogens is 1. The van der Waals surface area contributed by atoms with Crippen LogP contribution in [0.5, 0.6) is 0 Å². The first-order valence-electron chi connectivity index (χ1n) is 5.88. The molecule has 0 aliphatic heterocycles. The van der Waals surface area contributed by atoms with Crippen LogP contribution in [0.1, 0.15) is 35.3 Å². The van der Waals surface area contributed by atoms with Gasteiger partial charge in [-0.25, -0.2) is 0 Å². The second-order valence-corrected chi connectivity index (χ2v) is 5.54. The molecule has 0 N–H and O–H groups in total. The van der Waals surface area contributed by atoms with E-state index in [1.54, 1.807) is 19.9 Å². The van der Waals surface area contributed by atoms with Gasteiger partial charge >= 0.3 is 5.97 Å². The number of carbonyl (C=O) groups is 2. The summed E-state index contributed by atoms with van der Waals surface area (Å²) < 4.78 is 4.90. The molecule has 0 radical (unpaired) electrons. The van der Waals surface area contributed by atoms with E-state index in [4.69, 9.17) is 4.74 Å². The van der Waals surface area contributed by atoms with Crippen molar-refractivity contribution < 1.29 is 14.3 Å². The smallest absolute Gasteiger partial charge is 0.310 e. The third-order valence-electron chi connectivity index (χ3n) is 2.44. The molecule has 0 bridgehead atoms. The lowest BCUT2D eigenvalue weighted by Crippen LogP contribution is -2.12. The molecular formula is C14H17BrO3. The molecule has 3 nitrogen and oxygen atoms in total. The van der Waals surface area contributed by atoms with Crippen molar-refractivity contribution >= 4 is 27.7 Å². The highest BCUT2D eigenvalue weighted by Gasteiger charge is 2.14. The summed E-state index contributed by atoms with van der Waals surface area (Å²) in [5.41, 5.74) is 2.40. The van der Waals surface area contributed by atoms with Gasteiger partial charge in [-0.3, -0.25) is 9.59 Å². The second-order valence-electron chi connectivity index (χ2n) is 4.17. The number of hydrogen-bond acceptors (Lipinski definition) is 3. The van der Waals surface area contributed by atoms with Crippen LogP contribution in [-0.2, 0) is 16.0 Å². The van der Waals surface area contributed by atoms with Crippen LogP contribution < -0.4 is 0 Å². The molecule has 98 valence electrons. The third kappa shape index (κ3) is 4.26. The highest BCUT2D eigenvalue weighted by atomic mass is 79.9. The van der Waals surface area contributed by atoms with E-state index < -0.39 is 0 Å². The molecule has 0 amide bonds. The Morgan fingerprint density at radius 2 is 2.00 bits per heavy atom. The number of esters is 1. The molecule has 0 fully saturated rings. The first-order valence-corrected chi connectivity index (χ1v) is 6.80. The van der Waals surface area contributed by atoms with Crippen LogP contribution >= 0.6 is 15.9 Å². The fraction of sp³-hybridized carbons (Fsp3) is 0.429. The summed E-state index contributed by atoms with van der Waals surface area (Å²) in [6, 6.07) is 5.48. The van der Waals surface area contributed by atoms with E-state index in [0.717, 1.165) is 11.1 Å². The van der Waals surface area contributed by atoms with Crippen molar-refractivity contribution in [3.8, 4) is 0 Å². The lowest BCUT2D eigenvalue weighted by atomic mass is 10.0. The molecule has 1 atom stereocenters. The van der Waals surface area contributed by atoms with E-state index in [-0.39, 0.29) is 23.0 Å². The van der Waals surface area contributed by atoms with Gasteiger partial charge in [0.1, 0.15) is 0 Å². The van der Waals surface area contributed by atoms with Gasteiger partial charge in [-0.2, -0.15) is 0 Å². The van der Waals surface area contributed by atoms with Crippen molar-refractivity contribution in [2.45, 2.75) is 32.0 Å². The predicted octanol–water partition coefficient (Wildman–Crippen LogP) is 3.07. The van der Waals surface area contributed by atoms with E-state index in [2.05, 4.69) is 15.9 Å². The van der Waals surface area contributed by atoms with Gasteiger partial charge in [0.15, 0.2) is 5.78 Å². The van der Waals surface area contributed by atoms with E-state index >= 15 is 0 Å². The summed E-state index contributed by atoms with van der Waals surface area (Å²) in [5, 5.41) is 0. The van der Waals surface area contributed by atoms with Crippen LogP contribution in [0, 0.1) is 6.92 Å². The standard InChI is InChI=1S/C14H17BrO3/c1-4-18-13(16)8-11-5-9(2)6-12(7-11)14(17)10(3)15/h5-7,10H,4,8H2,1-3H3. The Labute approximate surface area is 116 Å². The normalized spacial score (nSPS) is 12.0. The van der Waals surface area contributed by atoms with Crippen molar-refractivity contribution in [1.29, 1.82) is 0 Å². The molecule has 0 saturated carbocycles. The molecule has 0 aliphatic rings. The monoisotopic (exact) mass is 312 g/mol. The quantitative estimate of drug-likeness (QED) is 0.477. The lowest BCUT2D eigenvalue weighted by molar-refractivity contribution is -0.142. The molecule has 18 heavy (non-hydrogen) atoms. The van der Waals surface area contributed by atoms with Gasteiger partial charge in [0.25, 0.3) is 0 Å². The molecule has 1 aromatic rings. The molecule has 4 heteroatoms. The number of benzene rings is 1. The van der Waals surface area contributed by atoms with Gasteiger partial charge in [-0.1, -0.05) is 27.6 Å². The van der Waals surface area contributed by atoms with Gasteiger partial charge in [0.2, 0.25) is 0 Å². The zero-order valence-electron chi connectivity index (χ0n) is 10.8. The van der Waals surface area contributed by atoms with Gasteiger partial charge < -0.3 is 4.74 Å². The minimum atomic E-state index is -0.270. The first-order chi connectivity index (χ1) is 8.43. The van der Waals surface area contributed by atoms with Gasteiger partial charge in [0.05, 0.1) is 17.9 Å². The minimum Gasteiger partial charge on any atom is -0.466 e. The number of rotatable bonds is 5. The van der Waals surface area contributed by atoms with Gasteiger partial charge in [-0.05, 0) is 38.5 Å². The molecule has 0 saturated heterocycles. The zero-order valence-corrected chi connectivity index (χ0v) is 12.4. The third-order valence-corrected chi connectivity index (χ3v) is 2.85. The van der Waals surface area contributed by atoms with Crippen LogP contribution in [0.2, 0.25) is 0 Å². The summed E-state index contributed by atoms with van der Waals surface area (Å²) in [5.74, 6) is -0.253. The molecular weight excluding hydrogens is 296 g/mol. The summed E-state index contributed by atoms with van der Waals surface area (Å²) >= 11 is 3.26. The number of carbonyl (C=O) groups excluding carboxylic acids is 2. The van der Waals surface area contributed by atoms with Crippen molar-refractivity contribution in [2.75, 3.05) is 6.61 Å². The van der Waals surface area contributed by atoms with E-state index in [9.17, 15) is 9.59 Å². The van der Waals surface area contributed by atoms with Gasteiger partial charge in [-0.15, -0.1) is 0 Å². The van der Waals surface area contributed by atoms with Crippen molar-refractivity contribution in [1.82, 2.24) is 0 Å². The number of ether oxygens (including phenoxy) is 1. The van der Waals surface area contributed by atoms with Crippen molar-refractivity contribution in [3.63, 3.8) is 0 Å². The van der Waals surface area contributed by atoms with Crippen LogP contribution in [0.4, 0.5) is 0 Å². The molecule has 0 spiro atoms. The molecule has 1 unspecified atom stereocenters. The first kappa shape index (κ1) is 14.9. The summed E-state index contributed by atoms with van der Waals surface area (Å²) in [6.07, 6.45) is 0.201. The lowest BCUT2D eigenvalue weighted by Gasteiger charge is -2.08. The molecule has 0 aliphatic carbocycles. The number of hydrogen-bond donors (Lipinski definition) is 0. The molecule has 1 aromatic carbocycles. The van der Waals surface area contributed by atoms with Crippen LogP contribution in [-0.4, -0.2) is 23.2 Å². The Hall–Kier alpha value is -1.16. The fourth-order valence-corrected chi connectivity index (χ4v) is 1.98. The summed E-state index contributed by atoms with van der Waals surface area (Å²) in [7, 11) is 0.